The van der Waals surface area contributed by atoms with Gasteiger partial charge in [-0.2, -0.15) is 13.2 Å². The van der Waals surface area contributed by atoms with E-state index < -0.39 is 17.6 Å². The Hall–Kier alpha value is -1.30. The molecule has 0 aliphatic rings. The number of pyridine rings is 1. The zero-order chi connectivity index (χ0) is 10.1. The SMILES string of the molecule is N[C@H](c1cc(=O)cc[nH]1)C(F)(F)F. The quantitative estimate of drug-likeness (QED) is 0.695. The molecule has 0 fully saturated rings. The summed E-state index contributed by atoms with van der Waals surface area (Å²) in [6.45, 7) is 0. The van der Waals surface area contributed by atoms with Crippen molar-refractivity contribution >= 4 is 0 Å². The Morgan fingerprint density at radius 1 is 1.46 bits per heavy atom. The van der Waals surface area contributed by atoms with Gasteiger partial charge in [-0.3, -0.25) is 4.79 Å². The number of nitrogens with two attached hydrogens (primary N) is 1. The predicted octanol–water partition coefficient (Wildman–Crippen LogP) is 0.937. The molecule has 0 saturated carbocycles. The topological polar surface area (TPSA) is 58.9 Å². The van der Waals surface area contributed by atoms with Crippen molar-refractivity contribution in [3.63, 3.8) is 0 Å². The molecule has 1 aromatic rings. The minimum Gasteiger partial charge on any atom is -0.363 e. The van der Waals surface area contributed by atoms with Crippen molar-refractivity contribution in [1.82, 2.24) is 4.98 Å². The Morgan fingerprint density at radius 2 is 2.08 bits per heavy atom. The van der Waals surface area contributed by atoms with Crippen LogP contribution in [0.25, 0.3) is 0 Å². The van der Waals surface area contributed by atoms with Gasteiger partial charge in [0.05, 0.1) is 0 Å². The Balaban J connectivity index is 3.02. The van der Waals surface area contributed by atoms with Crippen molar-refractivity contribution in [2.24, 2.45) is 5.73 Å². The van der Waals surface area contributed by atoms with Crippen molar-refractivity contribution in [3.8, 4) is 0 Å². The monoisotopic (exact) mass is 192 g/mol. The highest BCUT2D eigenvalue weighted by molar-refractivity contribution is 5.10. The molecule has 1 atom stereocenters. The maximum atomic E-state index is 12.0. The van der Waals surface area contributed by atoms with Crippen LogP contribution >= 0.6 is 0 Å². The molecule has 0 spiro atoms. The number of nitrogens with one attached hydrogen (secondary N) is 1. The average molecular weight is 192 g/mol. The highest BCUT2D eigenvalue weighted by atomic mass is 19.4. The summed E-state index contributed by atoms with van der Waals surface area (Å²) in [6, 6.07) is -0.188. The van der Waals surface area contributed by atoms with Crippen molar-refractivity contribution in [1.29, 1.82) is 0 Å². The van der Waals surface area contributed by atoms with E-state index in [2.05, 4.69) is 4.98 Å². The summed E-state index contributed by atoms with van der Waals surface area (Å²) in [7, 11) is 0. The van der Waals surface area contributed by atoms with Gasteiger partial charge in [-0.25, -0.2) is 0 Å². The van der Waals surface area contributed by atoms with Gasteiger partial charge in [0, 0.05) is 24.0 Å². The molecule has 3 N–H and O–H groups in total. The summed E-state index contributed by atoms with van der Waals surface area (Å²) >= 11 is 0. The molecule has 0 aromatic carbocycles. The van der Waals surface area contributed by atoms with Crippen LogP contribution in [0, 0.1) is 0 Å². The van der Waals surface area contributed by atoms with Crippen LogP contribution in [0.15, 0.2) is 23.1 Å². The molecule has 6 heteroatoms. The zero-order valence-corrected chi connectivity index (χ0v) is 6.43. The van der Waals surface area contributed by atoms with Crippen LogP contribution in [0.4, 0.5) is 13.2 Å². The zero-order valence-electron chi connectivity index (χ0n) is 6.43. The summed E-state index contributed by atoms with van der Waals surface area (Å²) in [4.78, 5) is 12.9. The highest BCUT2D eigenvalue weighted by Gasteiger charge is 2.38. The van der Waals surface area contributed by atoms with Gasteiger partial charge in [-0.05, 0) is 0 Å². The van der Waals surface area contributed by atoms with Crippen LogP contribution in [-0.2, 0) is 0 Å². The van der Waals surface area contributed by atoms with Gasteiger partial charge in [0.15, 0.2) is 5.43 Å². The van der Waals surface area contributed by atoms with Gasteiger partial charge in [0.2, 0.25) is 0 Å². The van der Waals surface area contributed by atoms with E-state index in [0.717, 1.165) is 18.3 Å². The van der Waals surface area contributed by atoms with Gasteiger partial charge < -0.3 is 10.7 Å². The fraction of sp³-hybridized carbons (Fsp3) is 0.286. The molecular formula is C7H7F3N2O. The first-order valence-electron chi connectivity index (χ1n) is 3.42. The van der Waals surface area contributed by atoms with Crippen LogP contribution in [0.1, 0.15) is 11.7 Å². The Morgan fingerprint density at radius 3 is 2.54 bits per heavy atom. The second-order valence-corrected chi connectivity index (χ2v) is 2.50. The molecule has 0 radical (unpaired) electrons. The molecule has 72 valence electrons. The lowest BCUT2D eigenvalue weighted by molar-refractivity contribution is -0.150. The molecule has 1 heterocycles. The van der Waals surface area contributed by atoms with E-state index in [-0.39, 0.29) is 5.69 Å². The molecule has 0 bridgehead atoms. The van der Waals surface area contributed by atoms with Gasteiger partial charge in [0.1, 0.15) is 6.04 Å². The fourth-order valence-corrected chi connectivity index (χ4v) is 0.819. The first-order chi connectivity index (χ1) is 5.91. The van der Waals surface area contributed by atoms with Gasteiger partial charge in [0.25, 0.3) is 0 Å². The van der Waals surface area contributed by atoms with E-state index in [1.54, 1.807) is 0 Å². The molecule has 3 nitrogen and oxygen atoms in total. The lowest BCUT2D eigenvalue weighted by atomic mass is 10.2. The van der Waals surface area contributed by atoms with Crippen molar-refractivity contribution in [3.05, 3.63) is 34.2 Å². The van der Waals surface area contributed by atoms with E-state index >= 15 is 0 Å². The summed E-state index contributed by atoms with van der Waals surface area (Å²) < 4.78 is 36.1. The van der Waals surface area contributed by atoms with E-state index in [9.17, 15) is 18.0 Å². The summed E-state index contributed by atoms with van der Waals surface area (Å²) in [5.74, 6) is 0. The van der Waals surface area contributed by atoms with Gasteiger partial charge in [-0.1, -0.05) is 0 Å². The maximum Gasteiger partial charge on any atom is 0.409 e. The number of hydrogen-bond acceptors (Lipinski definition) is 2. The van der Waals surface area contributed by atoms with Crippen LogP contribution in [-0.4, -0.2) is 11.2 Å². The first kappa shape index (κ1) is 9.79. The maximum absolute atomic E-state index is 12.0. The standard InChI is InChI=1S/C7H7F3N2O/c8-7(9,10)6(11)5-3-4(13)1-2-12-5/h1-3,6H,11H2,(H,12,13)/t6-/m1/s1. The minimum absolute atomic E-state index is 0.333. The number of halogens is 3. The van der Waals surface area contributed by atoms with E-state index in [0.29, 0.717) is 0 Å². The number of aromatic amines is 1. The van der Waals surface area contributed by atoms with Crippen LogP contribution in [0.2, 0.25) is 0 Å². The third kappa shape index (κ3) is 2.32. The smallest absolute Gasteiger partial charge is 0.363 e. The molecule has 0 aliphatic carbocycles. The third-order valence-corrected chi connectivity index (χ3v) is 1.48. The highest BCUT2D eigenvalue weighted by Crippen LogP contribution is 2.28. The lowest BCUT2D eigenvalue weighted by Gasteiger charge is -2.14. The molecule has 0 saturated heterocycles. The van der Waals surface area contributed by atoms with Crippen molar-refractivity contribution in [2.75, 3.05) is 0 Å². The van der Waals surface area contributed by atoms with E-state index in [1.165, 1.54) is 0 Å². The summed E-state index contributed by atoms with van der Waals surface area (Å²) in [6.07, 6.45) is -3.41. The molecule has 1 rings (SSSR count). The Kier molecular flexibility index (Phi) is 2.42. The molecule has 0 unspecified atom stereocenters. The molecule has 13 heavy (non-hydrogen) atoms. The van der Waals surface area contributed by atoms with E-state index in [4.69, 9.17) is 5.73 Å². The molecular weight excluding hydrogens is 185 g/mol. The lowest BCUT2D eigenvalue weighted by Crippen LogP contribution is -2.30. The third-order valence-electron chi connectivity index (χ3n) is 1.48. The van der Waals surface area contributed by atoms with Crippen LogP contribution in [0.3, 0.4) is 0 Å². The summed E-state index contributed by atoms with van der Waals surface area (Å²) in [5.41, 5.74) is 4.01. The van der Waals surface area contributed by atoms with Crippen LogP contribution < -0.4 is 11.2 Å². The number of hydrogen-bond donors (Lipinski definition) is 2. The second kappa shape index (κ2) is 3.21. The van der Waals surface area contributed by atoms with Crippen molar-refractivity contribution < 1.29 is 13.2 Å². The van der Waals surface area contributed by atoms with E-state index in [1.807, 2.05) is 0 Å². The van der Waals surface area contributed by atoms with Gasteiger partial charge in [-0.15, -0.1) is 0 Å². The normalized spacial score (nSPS) is 14.2. The van der Waals surface area contributed by atoms with Crippen molar-refractivity contribution in [2.45, 2.75) is 12.2 Å². The number of aromatic nitrogens is 1. The van der Waals surface area contributed by atoms with Crippen LogP contribution in [0.5, 0.6) is 0 Å². The molecule has 1 aromatic heterocycles. The predicted molar refractivity (Wildman–Crippen MR) is 40.0 cm³/mol. The van der Waals surface area contributed by atoms with Gasteiger partial charge >= 0.3 is 6.18 Å². The number of alkyl halides is 3. The Labute approximate surface area is 71.4 Å². The summed E-state index contributed by atoms with van der Waals surface area (Å²) in [5, 5.41) is 0. The molecule has 0 aliphatic heterocycles. The number of rotatable bonds is 1. The number of H-pyrrole nitrogens is 1. The first-order valence-corrected chi connectivity index (χ1v) is 3.42. The average Bonchev–Trinajstić information content (AvgIpc) is 2.01. The minimum atomic E-state index is -4.54. The second-order valence-electron chi connectivity index (χ2n) is 2.50. The fourth-order valence-electron chi connectivity index (χ4n) is 0.819. The largest absolute Gasteiger partial charge is 0.409 e. The molecule has 0 amide bonds. The Bertz CT molecular complexity index is 344.